The third-order valence-corrected chi connectivity index (χ3v) is 7.69. The van der Waals surface area contributed by atoms with E-state index in [0.717, 1.165) is 54.4 Å². The number of carbonyl (C=O) groups excluding carboxylic acids is 1. The topological polar surface area (TPSA) is 136 Å². The molecule has 0 saturated carbocycles. The first-order valence-electron chi connectivity index (χ1n) is 13.8. The Morgan fingerprint density at radius 2 is 1.62 bits per heavy atom. The molecule has 0 spiro atoms. The van der Waals surface area contributed by atoms with E-state index in [1.165, 1.54) is 12.1 Å². The number of unbranched alkanes of at least 4 members (excludes halogenated alkanes) is 2. The van der Waals surface area contributed by atoms with Crippen molar-refractivity contribution in [2.75, 3.05) is 0 Å². The van der Waals surface area contributed by atoms with E-state index in [4.69, 9.17) is 9.29 Å². The Kier molecular flexibility index (Phi) is 9.74. The van der Waals surface area contributed by atoms with Gasteiger partial charge in [0.1, 0.15) is 5.75 Å². The van der Waals surface area contributed by atoms with Crippen molar-refractivity contribution in [2.24, 2.45) is 12.5 Å². The van der Waals surface area contributed by atoms with Gasteiger partial charge in [0.25, 0.3) is 10.1 Å². The summed E-state index contributed by atoms with van der Waals surface area (Å²) in [6, 6.07) is 13.9. The van der Waals surface area contributed by atoms with Crippen LogP contribution in [-0.2, 0) is 28.4 Å². The fourth-order valence-electron chi connectivity index (χ4n) is 4.34. The van der Waals surface area contributed by atoms with Gasteiger partial charge in [-0.05, 0) is 54.7 Å². The minimum atomic E-state index is -4.19. The van der Waals surface area contributed by atoms with Crippen molar-refractivity contribution in [2.45, 2.75) is 63.8 Å². The molecule has 2 aromatic heterocycles. The molecule has 1 unspecified atom stereocenters. The number of aryl methyl sites for hydroxylation is 2. The summed E-state index contributed by atoms with van der Waals surface area (Å²) >= 11 is 0. The molecule has 0 aliphatic carbocycles. The van der Waals surface area contributed by atoms with Crippen LogP contribution in [-0.4, -0.2) is 38.6 Å². The number of hydrogen-bond acceptors (Lipinski definition) is 7. The van der Waals surface area contributed by atoms with Gasteiger partial charge in [0.2, 0.25) is 5.91 Å². The first kappa shape index (κ1) is 30.9. The Bertz CT molecular complexity index is 1580. The van der Waals surface area contributed by atoms with Gasteiger partial charge in [-0.2, -0.15) is 13.5 Å². The molecule has 0 radical (unpaired) electrons. The predicted octanol–water partition coefficient (Wildman–Crippen LogP) is 5.92. The largest absolute Gasteiger partial charge is 0.424 e. The molecule has 0 saturated heterocycles. The standard InChI is InChI=1S/C31H37N5O5S/c1-31(2,3)29(37)35-28(9-7-5-6-8-22-10-16-27(17-11-22)42(38,39)40)23-12-14-26(15-13-23)41-30-32-18-24(19-33-30)25-20-34-36(4)21-25/h10-21,28H,5-9H2,1-4H3,(H,35,37)(H,38,39,40). The van der Waals surface area contributed by atoms with E-state index < -0.39 is 15.5 Å². The van der Waals surface area contributed by atoms with E-state index in [-0.39, 0.29) is 22.9 Å². The maximum Gasteiger partial charge on any atom is 0.321 e. The molecule has 0 fully saturated rings. The van der Waals surface area contributed by atoms with Gasteiger partial charge in [-0.3, -0.25) is 14.0 Å². The Labute approximate surface area is 246 Å². The number of carbonyl (C=O) groups is 1. The summed E-state index contributed by atoms with van der Waals surface area (Å²) in [5.41, 5.74) is 3.23. The number of rotatable bonds is 12. The van der Waals surface area contributed by atoms with Crippen LogP contribution in [0.15, 0.2) is 78.2 Å². The molecule has 222 valence electrons. The summed E-state index contributed by atoms with van der Waals surface area (Å²) in [4.78, 5) is 21.4. The average Bonchev–Trinajstić information content (AvgIpc) is 3.38. The smallest absolute Gasteiger partial charge is 0.321 e. The Morgan fingerprint density at radius 3 is 2.19 bits per heavy atom. The second kappa shape index (κ2) is 13.3. The quantitative estimate of drug-likeness (QED) is 0.153. The van der Waals surface area contributed by atoms with Gasteiger partial charge in [-0.25, -0.2) is 9.97 Å². The van der Waals surface area contributed by atoms with Crippen LogP contribution in [0.3, 0.4) is 0 Å². The number of aromatic nitrogens is 4. The van der Waals surface area contributed by atoms with Gasteiger partial charge < -0.3 is 10.1 Å². The number of benzene rings is 2. The highest BCUT2D eigenvalue weighted by molar-refractivity contribution is 7.85. The lowest BCUT2D eigenvalue weighted by Gasteiger charge is -2.25. The molecule has 10 nitrogen and oxygen atoms in total. The highest BCUT2D eigenvalue weighted by atomic mass is 32.2. The van der Waals surface area contributed by atoms with Gasteiger partial charge >= 0.3 is 6.01 Å². The van der Waals surface area contributed by atoms with Crippen molar-refractivity contribution >= 4 is 16.0 Å². The summed E-state index contributed by atoms with van der Waals surface area (Å²) in [6.07, 6.45) is 11.3. The minimum Gasteiger partial charge on any atom is -0.424 e. The number of ether oxygens (including phenoxy) is 1. The summed E-state index contributed by atoms with van der Waals surface area (Å²) in [5.74, 6) is 0.572. The van der Waals surface area contributed by atoms with Gasteiger partial charge in [0, 0.05) is 42.2 Å². The molecule has 2 heterocycles. The van der Waals surface area contributed by atoms with Crippen LogP contribution >= 0.6 is 0 Å². The lowest BCUT2D eigenvalue weighted by molar-refractivity contribution is -0.129. The Hall–Kier alpha value is -4.09. The van der Waals surface area contributed by atoms with Crippen LogP contribution < -0.4 is 10.1 Å². The van der Waals surface area contributed by atoms with E-state index >= 15 is 0 Å². The van der Waals surface area contributed by atoms with Crippen molar-refractivity contribution < 1.29 is 22.5 Å². The predicted molar refractivity (Wildman–Crippen MR) is 160 cm³/mol. The van der Waals surface area contributed by atoms with Crippen LogP contribution in [0.5, 0.6) is 11.8 Å². The molecule has 2 aromatic carbocycles. The summed E-state index contributed by atoms with van der Waals surface area (Å²) in [5, 5.41) is 7.37. The van der Waals surface area contributed by atoms with Gasteiger partial charge in [-0.15, -0.1) is 0 Å². The van der Waals surface area contributed by atoms with Gasteiger partial charge in [0.15, 0.2) is 0 Å². The lowest BCUT2D eigenvalue weighted by atomic mass is 9.93. The molecule has 11 heteroatoms. The first-order valence-corrected chi connectivity index (χ1v) is 15.3. The molecule has 0 aliphatic heterocycles. The molecular weight excluding hydrogens is 554 g/mol. The van der Waals surface area contributed by atoms with Gasteiger partial charge in [0.05, 0.1) is 17.1 Å². The van der Waals surface area contributed by atoms with Crippen LogP contribution in [0.2, 0.25) is 0 Å². The highest BCUT2D eigenvalue weighted by Crippen LogP contribution is 2.27. The van der Waals surface area contributed by atoms with Crippen molar-refractivity contribution in [3.05, 3.63) is 84.4 Å². The fraction of sp³-hybridized carbons (Fsp3) is 0.355. The van der Waals surface area contributed by atoms with E-state index in [1.54, 1.807) is 35.4 Å². The SMILES string of the molecule is Cn1cc(-c2cnc(Oc3ccc(C(CCCCCc4ccc(S(=O)(=O)O)cc4)NC(=O)C(C)(C)C)cc3)nc2)cn1. The number of hydrogen-bond donors (Lipinski definition) is 2. The molecule has 4 aromatic rings. The number of amides is 1. The van der Waals surface area contributed by atoms with Crippen molar-refractivity contribution in [3.63, 3.8) is 0 Å². The highest BCUT2D eigenvalue weighted by Gasteiger charge is 2.24. The summed E-state index contributed by atoms with van der Waals surface area (Å²) < 4.78 is 39.2. The molecule has 0 aliphatic rings. The van der Waals surface area contributed by atoms with Crippen LogP contribution in [0.1, 0.15) is 63.6 Å². The van der Waals surface area contributed by atoms with Crippen molar-refractivity contribution in [1.29, 1.82) is 0 Å². The molecule has 1 amide bonds. The third-order valence-electron chi connectivity index (χ3n) is 6.82. The first-order chi connectivity index (χ1) is 19.9. The van der Waals surface area contributed by atoms with E-state index in [2.05, 4.69) is 20.4 Å². The van der Waals surface area contributed by atoms with Crippen LogP contribution in [0.4, 0.5) is 0 Å². The second-order valence-corrected chi connectivity index (χ2v) is 12.7. The summed E-state index contributed by atoms with van der Waals surface area (Å²) in [7, 11) is -2.33. The molecular formula is C31H37N5O5S. The fourth-order valence-corrected chi connectivity index (χ4v) is 4.82. The normalized spacial score (nSPS) is 12.6. The molecule has 4 rings (SSSR count). The summed E-state index contributed by atoms with van der Waals surface area (Å²) in [6.45, 7) is 5.68. The van der Waals surface area contributed by atoms with E-state index in [1.807, 2.05) is 58.3 Å². The molecule has 1 atom stereocenters. The third kappa shape index (κ3) is 8.70. The molecule has 42 heavy (non-hydrogen) atoms. The number of nitrogens with zero attached hydrogens (tertiary/aromatic N) is 4. The van der Waals surface area contributed by atoms with Crippen molar-refractivity contribution in [3.8, 4) is 22.9 Å². The Morgan fingerprint density at radius 1 is 0.952 bits per heavy atom. The minimum absolute atomic E-state index is 0.0196. The van der Waals surface area contributed by atoms with E-state index in [9.17, 15) is 13.2 Å². The zero-order valence-corrected chi connectivity index (χ0v) is 25.1. The van der Waals surface area contributed by atoms with Crippen molar-refractivity contribution in [1.82, 2.24) is 25.1 Å². The molecule has 2 N–H and O–H groups in total. The molecule has 0 bridgehead atoms. The monoisotopic (exact) mass is 591 g/mol. The van der Waals surface area contributed by atoms with Crippen LogP contribution in [0.25, 0.3) is 11.1 Å². The van der Waals surface area contributed by atoms with Gasteiger partial charge in [-0.1, -0.05) is 57.9 Å². The zero-order valence-electron chi connectivity index (χ0n) is 24.3. The lowest BCUT2D eigenvalue weighted by Crippen LogP contribution is -2.37. The second-order valence-electron chi connectivity index (χ2n) is 11.3. The van der Waals surface area contributed by atoms with E-state index in [0.29, 0.717) is 5.75 Å². The average molecular weight is 592 g/mol. The maximum atomic E-state index is 12.8. The maximum absolute atomic E-state index is 12.8. The Balaban J connectivity index is 1.34. The zero-order chi connectivity index (χ0) is 30.3. The number of nitrogens with one attached hydrogen (secondary N) is 1. The van der Waals surface area contributed by atoms with Crippen LogP contribution in [0, 0.1) is 5.41 Å².